The number of rotatable bonds is 4. The van der Waals surface area contributed by atoms with Gasteiger partial charge in [0.15, 0.2) is 0 Å². The lowest BCUT2D eigenvalue weighted by Crippen LogP contribution is -2.56. The van der Waals surface area contributed by atoms with Crippen molar-refractivity contribution in [2.24, 2.45) is 0 Å². The largest absolute Gasteiger partial charge is 0.324 e. The summed E-state index contributed by atoms with van der Waals surface area (Å²) in [4.78, 5) is 40.4. The molecule has 146 valence electrons. The lowest BCUT2D eigenvalue weighted by molar-refractivity contribution is -0.147. The Morgan fingerprint density at radius 2 is 1.69 bits per heavy atom. The van der Waals surface area contributed by atoms with Crippen molar-refractivity contribution in [1.82, 2.24) is 4.90 Å². The van der Waals surface area contributed by atoms with Crippen LogP contribution in [0.1, 0.15) is 0 Å². The minimum absolute atomic E-state index is 0.194. The number of amides is 3. The van der Waals surface area contributed by atoms with Crippen LogP contribution in [0.2, 0.25) is 5.02 Å². The van der Waals surface area contributed by atoms with Crippen molar-refractivity contribution >= 4 is 51.5 Å². The van der Waals surface area contributed by atoms with Crippen molar-refractivity contribution in [1.29, 1.82) is 0 Å². The third kappa shape index (κ3) is 3.93. The monoisotopic (exact) mass is 407 g/mol. The highest BCUT2D eigenvalue weighted by Crippen LogP contribution is 2.28. The maximum Gasteiger partial charge on any atom is 0.316 e. The molecule has 7 heteroatoms. The number of carbonyl (C=O) groups is 3. The van der Waals surface area contributed by atoms with Crippen LogP contribution in [0, 0.1) is 0 Å². The molecule has 1 N–H and O–H groups in total. The Kier molecular flexibility index (Phi) is 5.18. The SMILES string of the molecule is O=C(CN1CCN(c2cccc3ccccc23)C(=O)C1=O)Nc1cccc(Cl)c1. The fourth-order valence-corrected chi connectivity index (χ4v) is 3.63. The highest BCUT2D eigenvalue weighted by atomic mass is 35.5. The zero-order chi connectivity index (χ0) is 20.4. The number of fused-ring (bicyclic) bond motifs is 1. The average molecular weight is 408 g/mol. The molecule has 1 heterocycles. The van der Waals surface area contributed by atoms with E-state index < -0.39 is 11.8 Å². The quantitative estimate of drug-likeness (QED) is 0.674. The van der Waals surface area contributed by atoms with Gasteiger partial charge in [-0.05, 0) is 29.7 Å². The molecule has 1 aliphatic heterocycles. The summed E-state index contributed by atoms with van der Waals surface area (Å²) < 4.78 is 0. The molecule has 0 bridgehead atoms. The van der Waals surface area contributed by atoms with E-state index in [2.05, 4.69) is 5.32 Å². The van der Waals surface area contributed by atoms with E-state index in [0.29, 0.717) is 22.9 Å². The topological polar surface area (TPSA) is 69.7 Å². The first-order valence-corrected chi connectivity index (χ1v) is 9.55. The zero-order valence-corrected chi connectivity index (χ0v) is 16.2. The van der Waals surface area contributed by atoms with Gasteiger partial charge < -0.3 is 15.1 Å². The van der Waals surface area contributed by atoms with E-state index in [1.54, 1.807) is 24.3 Å². The third-order valence-electron chi connectivity index (χ3n) is 4.81. The molecule has 0 spiro atoms. The highest BCUT2D eigenvalue weighted by Gasteiger charge is 2.34. The van der Waals surface area contributed by atoms with Gasteiger partial charge in [0, 0.05) is 29.2 Å². The van der Waals surface area contributed by atoms with E-state index in [4.69, 9.17) is 11.6 Å². The number of carbonyl (C=O) groups excluding carboxylic acids is 3. The predicted octanol–water partition coefficient (Wildman–Crippen LogP) is 3.31. The summed E-state index contributed by atoms with van der Waals surface area (Å²) in [5.41, 5.74) is 1.24. The van der Waals surface area contributed by atoms with E-state index >= 15 is 0 Å². The number of hydrogen-bond donors (Lipinski definition) is 1. The van der Waals surface area contributed by atoms with Crippen LogP contribution in [0.3, 0.4) is 0 Å². The van der Waals surface area contributed by atoms with Crippen molar-refractivity contribution in [2.75, 3.05) is 29.9 Å². The van der Waals surface area contributed by atoms with Crippen LogP contribution in [0.15, 0.2) is 66.7 Å². The molecule has 0 radical (unpaired) electrons. The minimum atomic E-state index is -0.689. The van der Waals surface area contributed by atoms with Gasteiger partial charge in [0.25, 0.3) is 0 Å². The molecular weight excluding hydrogens is 390 g/mol. The van der Waals surface area contributed by atoms with Crippen molar-refractivity contribution in [2.45, 2.75) is 0 Å². The first kappa shape index (κ1) is 19.0. The van der Waals surface area contributed by atoms with Crippen LogP contribution >= 0.6 is 11.6 Å². The number of nitrogens with zero attached hydrogens (tertiary/aromatic N) is 2. The van der Waals surface area contributed by atoms with Crippen LogP contribution in [0.5, 0.6) is 0 Å². The summed E-state index contributed by atoms with van der Waals surface area (Å²) in [5.74, 6) is -1.71. The molecule has 4 rings (SSSR count). The fraction of sp³-hybridized carbons (Fsp3) is 0.136. The summed E-state index contributed by atoms with van der Waals surface area (Å²) >= 11 is 5.91. The molecule has 3 aromatic carbocycles. The van der Waals surface area contributed by atoms with E-state index in [9.17, 15) is 14.4 Å². The molecule has 1 saturated heterocycles. The van der Waals surface area contributed by atoms with Gasteiger partial charge in [-0.15, -0.1) is 0 Å². The average Bonchev–Trinajstić information content (AvgIpc) is 2.71. The van der Waals surface area contributed by atoms with Crippen LogP contribution < -0.4 is 10.2 Å². The molecule has 1 fully saturated rings. The van der Waals surface area contributed by atoms with Gasteiger partial charge in [-0.1, -0.05) is 54.1 Å². The Labute approximate surface area is 172 Å². The van der Waals surface area contributed by atoms with E-state index in [1.165, 1.54) is 9.80 Å². The molecule has 0 saturated carbocycles. The van der Waals surface area contributed by atoms with Crippen molar-refractivity contribution in [3.05, 3.63) is 71.8 Å². The molecule has 0 atom stereocenters. The normalized spacial score (nSPS) is 14.4. The number of piperazine rings is 1. The van der Waals surface area contributed by atoms with E-state index in [-0.39, 0.29) is 19.0 Å². The maximum atomic E-state index is 12.7. The van der Waals surface area contributed by atoms with Crippen LogP contribution in [0.4, 0.5) is 11.4 Å². The molecule has 1 aliphatic rings. The first-order chi connectivity index (χ1) is 14.0. The lowest BCUT2D eigenvalue weighted by Gasteiger charge is -2.33. The molecule has 29 heavy (non-hydrogen) atoms. The highest BCUT2D eigenvalue weighted by molar-refractivity contribution is 6.41. The van der Waals surface area contributed by atoms with Gasteiger partial charge >= 0.3 is 11.8 Å². The molecule has 0 unspecified atom stereocenters. The summed E-state index contributed by atoms with van der Waals surface area (Å²) in [5, 5.41) is 5.09. The second-order valence-corrected chi connectivity index (χ2v) is 7.18. The Hall–Kier alpha value is -3.38. The standard InChI is InChI=1S/C22H18ClN3O3/c23-16-7-4-8-17(13-16)24-20(27)14-25-11-12-26(22(29)21(25)28)19-10-3-6-15-5-1-2-9-18(15)19/h1-10,13H,11-12,14H2,(H,24,27). The lowest BCUT2D eigenvalue weighted by atomic mass is 10.1. The maximum absolute atomic E-state index is 12.7. The van der Waals surface area contributed by atoms with Crippen LogP contribution in [-0.4, -0.2) is 42.3 Å². The second-order valence-electron chi connectivity index (χ2n) is 6.74. The molecule has 3 amide bonds. The fourth-order valence-electron chi connectivity index (χ4n) is 3.44. The number of benzene rings is 3. The van der Waals surface area contributed by atoms with Crippen molar-refractivity contribution in [3.63, 3.8) is 0 Å². The molecule has 3 aromatic rings. The summed E-state index contributed by atoms with van der Waals surface area (Å²) in [6.07, 6.45) is 0. The van der Waals surface area contributed by atoms with Crippen molar-refractivity contribution < 1.29 is 14.4 Å². The van der Waals surface area contributed by atoms with Gasteiger partial charge in [0.1, 0.15) is 6.54 Å². The Morgan fingerprint density at radius 3 is 2.52 bits per heavy atom. The Bertz CT molecular complexity index is 1110. The number of halogens is 1. The summed E-state index contributed by atoms with van der Waals surface area (Å²) in [6.45, 7) is 0.403. The number of hydrogen-bond acceptors (Lipinski definition) is 3. The minimum Gasteiger partial charge on any atom is -0.324 e. The molecule has 6 nitrogen and oxygen atoms in total. The van der Waals surface area contributed by atoms with Gasteiger partial charge in [-0.25, -0.2) is 0 Å². The zero-order valence-electron chi connectivity index (χ0n) is 15.5. The molecule has 0 aliphatic carbocycles. The first-order valence-electron chi connectivity index (χ1n) is 9.17. The Morgan fingerprint density at radius 1 is 0.931 bits per heavy atom. The van der Waals surface area contributed by atoms with Gasteiger partial charge in [0.05, 0.1) is 5.69 Å². The van der Waals surface area contributed by atoms with Crippen LogP contribution in [-0.2, 0) is 14.4 Å². The number of anilines is 2. The number of nitrogens with one attached hydrogen (secondary N) is 1. The van der Waals surface area contributed by atoms with E-state index in [1.807, 2.05) is 42.5 Å². The van der Waals surface area contributed by atoms with E-state index in [0.717, 1.165) is 10.8 Å². The smallest absolute Gasteiger partial charge is 0.316 e. The second kappa shape index (κ2) is 7.93. The van der Waals surface area contributed by atoms with Crippen LogP contribution in [0.25, 0.3) is 10.8 Å². The predicted molar refractivity (Wildman–Crippen MR) is 113 cm³/mol. The van der Waals surface area contributed by atoms with Gasteiger partial charge in [0.2, 0.25) is 5.91 Å². The Balaban J connectivity index is 1.47. The summed E-state index contributed by atoms with van der Waals surface area (Å²) in [7, 11) is 0. The van der Waals surface area contributed by atoms with Gasteiger partial charge in [-0.3, -0.25) is 14.4 Å². The molecular formula is C22H18ClN3O3. The molecule has 0 aromatic heterocycles. The third-order valence-corrected chi connectivity index (χ3v) is 5.04. The van der Waals surface area contributed by atoms with Crippen molar-refractivity contribution in [3.8, 4) is 0 Å². The van der Waals surface area contributed by atoms with Gasteiger partial charge in [-0.2, -0.15) is 0 Å². The summed E-state index contributed by atoms with van der Waals surface area (Å²) in [6, 6.07) is 20.1.